The van der Waals surface area contributed by atoms with Crippen LogP contribution in [0.5, 0.6) is 5.75 Å². The van der Waals surface area contributed by atoms with Crippen molar-refractivity contribution in [1.82, 2.24) is 0 Å². The third kappa shape index (κ3) is 3.61. The summed E-state index contributed by atoms with van der Waals surface area (Å²) in [6.45, 7) is -0.141. The highest BCUT2D eigenvalue weighted by atomic mass is 16.5. The standard InChI is InChI=1S/C11H16N2O4/c1-17-10-4-7(11(12)16)2-3-9(10)13-5-8(15)6-14/h2-4,8,13-15H,5-6H2,1H3,(H2,12,16). The van der Waals surface area contributed by atoms with Crippen LogP contribution in [-0.4, -0.2) is 42.5 Å². The Kier molecular flexibility index (Phi) is 4.74. The summed E-state index contributed by atoms with van der Waals surface area (Å²) in [5.41, 5.74) is 6.10. The van der Waals surface area contributed by atoms with E-state index in [1.54, 1.807) is 12.1 Å². The van der Waals surface area contributed by atoms with Gasteiger partial charge in [-0.3, -0.25) is 4.79 Å². The van der Waals surface area contributed by atoms with Gasteiger partial charge in [-0.05, 0) is 18.2 Å². The average molecular weight is 240 g/mol. The van der Waals surface area contributed by atoms with E-state index in [0.717, 1.165) is 0 Å². The van der Waals surface area contributed by atoms with Gasteiger partial charge in [0, 0.05) is 12.1 Å². The first kappa shape index (κ1) is 13.3. The number of aliphatic hydroxyl groups excluding tert-OH is 2. The number of nitrogens with two attached hydrogens (primary N) is 1. The second-order valence-electron chi connectivity index (χ2n) is 3.50. The topological polar surface area (TPSA) is 105 Å². The van der Waals surface area contributed by atoms with Crippen LogP contribution < -0.4 is 15.8 Å². The first-order chi connectivity index (χ1) is 8.08. The van der Waals surface area contributed by atoms with Gasteiger partial charge < -0.3 is 26.0 Å². The van der Waals surface area contributed by atoms with E-state index in [4.69, 9.17) is 15.6 Å². The molecule has 0 heterocycles. The summed E-state index contributed by atoms with van der Waals surface area (Å²) in [7, 11) is 1.47. The molecule has 0 bridgehead atoms. The molecule has 1 unspecified atom stereocenters. The lowest BCUT2D eigenvalue weighted by atomic mass is 10.1. The largest absolute Gasteiger partial charge is 0.495 e. The molecule has 1 atom stereocenters. The molecule has 0 saturated carbocycles. The van der Waals surface area contributed by atoms with Crippen LogP contribution >= 0.6 is 0 Å². The van der Waals surface area contributed by atoms with Gasteiger partial charge in [-0.1, -0.05) is 0 Å². The Morgan fingerprint density at radius 2 is 2.29 bits per heavy atom. The van der Waals surface area contributed by atoms with Crippen LogP contribution in [0, 0.1) is 0 Å². The summed E-state index contributed by atoms with van der Waals surface area (Å²) < 4.78 is 5.09. The van der Waals surface area contributed by atoms with Gasteiger partial charge in [0.05, 0.1) is 25.5 Å². The van der Waals surface area contributed by atoms with Crippen molar-refractivity contribution in [3.8, 4) is 5.75 Å². The predicted octanol–water partition coefficient (Wildman–Crippen LogP) is -0.441. The van der Waals surface area contributed by atoms with E-state index in [1.807, 2.05) is 0 Å². The van der Waals surface area contributed by atoms with Gasteiger partial charge in [-0.2, -0.15) is 0 Å². The summed E-state index contributed by atoms with van der Waals surface area (Å²) in [6.07, 6.45) is -0.851. The van der Waals surface area contributed by atoms with E-state index in [-0.39, 0.29) is 13.2 Å². The monoisotopic (exact) mass is 240 g/mol. The number of methoxy groups -OCH3 is 1. The van der Waals surface area contributed by atoms with Gasteiger partial charge in [0.2, 0.25) is 5.91 Å². The highest BCUT2D eigenvalue weighted by molar-refractivity contribution is 5.93. The number of primary amides is 1. The molecule has 1 rings (SSSR count). The summed E-state index contributed by atoms with van der Waals surface area (Å²) >= 11 is 0. The fourth-order valence-corrected chi connectivity index (χ4v) is 1.28. The number of hydrogen-bond acceptors (Lipinski definition) is 5. The zero-order valence-electron chi connectivity index (χ0n) is 9.51. The van der Waals surface area contributed by atoms with Crippen LogP contribution in [0.15, 0.2) is 18.2 Å². The van der Waals surface area contributed by atoms with Crippen molar-refractivity contribution in [2.24, 2.45) is 5.73 Å². The molecule has 0 aliphatic rings. The zero-order valence-corrected chi connectivity index (χ0v) is 9.51. The molecule has 1 aromatic carbocycles. The minimum Gasteiger partial charge on any atom is -0.495 e. The Labute approximate surface area is 99.0 Å². The van der Waals surface area contributed by atoms with E-state index >= 15 is 0 Å². The second-order valence-corrected chi connectivity index (χ2v) is 3.50. The number of hydrogen-bond donors (Lipinski definition) is 4. The number of ether oxygens (including phenoxy) is 1. The predicted molar refractivity (Wildman–Crippen MR) is 63.1 cm³/mol. The summed E-state index contributed by atoms with van der Waals surface area (Å²) in [6, 6.07) is 4.69. The van der Waals surface area contributed by atoms with Crippen LogP contribution in [0.2, 0.25) is 0 Å². The van der Waals surface area contributed by atoms with E-state index in [1.165, 1.54) is 13.2 Å². The maximum Gasteiger partial charge on any atom is 0.248 e. The van der Waals surface area contributed by atoms with E-state index in [9.17, 15) is 9.90 Å². The zero-order chi connectivity index (χ0) is 12.8. The smallest absolute Gasteiger partial charge is 0.248 e. The molecular weight excluding hydrogens is 224 g/mol. The van der Waals surface area contributed by atoms with Crippen molar-refractivity contribution in [3.05, 3.63) is 23.8 Å². The van der Waals surface area contributed by atoms with Gasteiger partial charge in [0.25, 0.3) is 0 Å². The lowest BCUT2D eigenvalue weighted by Gasteiger charge is -2.14. The van der Waals surface area contributed by atoms with Crippen LogP contribution in [0.3, 0.4) is 0 Å². The molecule has 0 saturated heterocycles. The minimum absolute atomic E-state index is 0.183. The fraction of sp³-hybridized carbons (Fsp3) is 0.364. The molecule has 17 heavy (non-hydrogen) atoms. The third-order valence-electron chi connectivity index (χ3n) is 2.22. The van der Waals surface area contributed by atoms with Crippen molar-refractivity contribution in [1.29, 1.82) is 0 Å². The number of amides is 1. The first-order valence-corrected chi connectivity index (χ1v) is 5.09. The van der Waals surface area contributed by atoms with E-state index < -0.39 is 12.0 Å². The second kappa shape index (κ2) is 6.07. The fourth-order valence-electron chi connectivity index (χ4n) is 1.28. The quantitative estimate of drug-likeness (QED) is 0.539. The Morgan fingerprint density at radius 1 is 1.59 bits per heavy atom. The van der Waals surface area contributed by atoms with Crippen molar-refractivity contribution in [2.75, 3.05) is 25.6 Å². The molecule has 0 radical (unpaired) electrons. The third-order valence-corrected chi connectivity index (χ3v) is 2.22. The van der Waals surface area contributed by atoms with Gasteiger partial charge >= 0.3 is 0 Å². The van der Waals surface area contributed by atoms with Crippen LogP contribution in [0.4, 0.5) is 5.69 Å². The van der Waals surface area contributed by atoms with Gasteiger partial charge in [0.15, 0.2) is 0 Å². The van der Waals surface area contributed by atoms with Crippen molar-refractivity contribution in [2.45, 2.75) is 6.10 Å². The first-order valence-electron chi connectivity index (χ1n) is 5.09. The summed E-state index contributed by atoms with van der Waals surface area (Å²) in [4.78, 5) is 11.0. The number of aliphatic hydroxyl groups is 2. The highest BCUT2D eigenvalue weighted by Gasteiger charge is 2.09. The Balaban J connectivity index is 2.82. The van der Waals surface area contributed by atoms with Crippen LogP contribution in [-0.2, 0) is 0 Å². The normalized spacial score (nSPS) is 11.9. The molecule has 0 aromatic heterocycles. The molecule has 1 aromatic rings. The Hall–Kier alpha value is -1.79. The van der Waals surface area contributed by atoms with Crippen LogP contribution in [0.1, 0.15) is 10.4 Å². The Bertz CT molecular complexity index is 395. The molecule has 0 aliphatic carbocycles. The Morgan fingerprint density at radius 3 is 2.82 bits per heavy atom. The van der Waals surface area contributed by atoms with E-state index in [0.29, 0.717) is 17.0 Å². The average Bonchev–Trinajstić information content (AvgIpc) is 2.35. The molecule has 0 spiro atoms. The van der Waals surface area contributed by atoms with Crippen molar-refractivity contribution < 1.29 is 19.7 Å². The maximum atomic E-state index is 11.0. The van der Waals surface area contributed by atoms with Gasteiger partial charge in [-0.25, -0.2) is 0 Å². The number of nitrogens with one attached hydrogen (secondary N) is 1. The van der Waals surface area contributed by atoms with E-state index in [2.05, 4.69) is 5.32 Å². The molecule has 94 valence electrons. The maximum absolute atomic E-state index is 11.0. The molecule has 1 amide bonds. The van der Waals surface area contributed by atoms with Crippen molar-refractivity contribution >= 4 is 11.6 Å². The highest BCUT2D eigenvalue weighted by Crippen LogP contribution is 2.25. The number of rotatable bonds is 6. The molecule has 6 nitrogen and oxygen atoms in total. The lowest BCUT2D eigenvalue weighted by Crippen LogP contribution is -2.23. The SMILES string of the molecule is COc1cc(C(N)=O)ccc1NCC(O)CO. The van der Waals surface area contributed by atoms with Crippen molar-refractivity contribution in [3.63, 3.8) is 0 Å². The summed E-state index contributed by atoms with van der Waals surface area (Å²) in [5, 5.41) is 20.8. The lowest BCUT2D eigenvalue weighted by molar-refractivity contribution is 0.1000. The minimum atomic E-state index is -0.851. The number of carbonyl (C=O) groups is 1. The summed E-state index contributed by atoms with van der Waals surface area (Å²) in [5.74, 6) is -0.0864. The molecule has 6 heteroatoms. The number of benzene rings is 1. The van der Waals surface area contributed by atoms with Gasteiger partial charge in [0.1, 0.15) is 5.75 Å². The molecule has 0 aliphatic heterocycles. The number of carbonyl (C=O) groups excluding carboxylic acids is 1. The van der Waals surface area contributed by atoms with Crippen LogP contribution in [0.25, 0.3) is 0 Å². The number of anilines is 1. The van der Waals surface area contributed by atoms with Gasteiger partial charge in [-0.15, -0.1) is 0 Å². The molecule has 0 fully saturated rings. The molecule has 5 N–H and O–H groups in total. The molecular formula is C11H16N2O4.